The molecule has 0 aliphatic heterocycles. The largest absolute Gasteiger partial charge is 0.330 e. The van der Waals surface area contributed by atoms with Gasteiger partial charge in [-0.25, -0.2) is 19.0 Å². The van der Waals surface area contributed by atoms with Gasteiger partial charge in [0.05, 0.1) is 0 Å². The zero-order chi connectivity index (χ0) is 11.4. The van der Waals surface area contributed by atoms with Gasteiger partial charge in [-0.3, -0.25) is 0 Å². The first kappa shape index (κ1) is 10.7. The van der Waals surface area contributed by atoms with Crippen LogP contribution in [-0.4, -0.2) is 26.3 Å². The Morgan fingerprint density at radius 2 is 2.31 bits per heavy atom. The number of aromatic nitrogens is 4. The summed E-state index contributed by atoms with van der Waals surface area (Å²) < 4.78 is 15.0. The highest BCUT2D eigenvalue weighted by molar-refractivity contribution is 5.24. The maximum atomic E-state index is 13.5. The summed E-state index contributed by atoms with van der Waals surface area (Å²) in [4.78, 5) is 7.91. The highest BCUT2D eigenvalue weighted by Gasteiger charge is 2.09. The van der Waals surface area contributed by atoms with Gasteiger partial charge in [-0.05, 0) is 19.0 Å². The minimum Gasteiger partial charge on any atom is -0.330 e. The Morgan fingerprint density at radius 3 is 2.88 bits per heavy atom. The van der Waals surface area contributed by atoms with Crippen LogP contribution in [0.15, 0.2) is 31.0 Å². The second kappa shape index (κ2) is 4.80. The number of rotatable bonds is 4. The van der Waals surface area contributed by atoms with Crippen molar-refractivity contribution in [3.63, 3.8) is 0 Å². The fourth-order valence-corrected chi connectivity index (χ4v) is 1.36. The molecule has 1 unspecified atom stereocenters. The smallest absolute Gasteiger partial charge is 0.155 e. The zero-order valence-corrected chi connectivity index (χ0v) is 8.62. The molecule has 0 aliphatic carbocycles. The monoisotopic (exact) mass is 221 g/mol. The lowest BCUT2D eigenvalue weighted by Gasteiger charge is -2.07. The maximum Gasteiger partial charge on any atom is 0.155 e. The van der Waals surface area contributed by atoms with E-state index in [9.17, 15) is 4.39 Å². The number of nitrogens with zero attached hydrogens (tertiary/aromatic N) is 4. The van der Waals surface area contributed by atoms with Crippen LogP contribution in [0.4, 0.5) is 4.39 Å². The second-order valence-electron chi connectivity index (χ2n) is 3.33. The molecule has 2 N–H and O–H groups in total. The van der Waals surface area contributed by atoms with E-state index in [1.54, 1.807) is 12.1 Å². The van der Waals surface area contributed by atoms with Crippen LogP contribution in [0.1, 0.15) is 18.2 Å². The molecule has 0 fully saturated rings. The average Bonchev–Trinajstić information content (AvgIpc) is 2.83. The fraction of sp³-hybridized carbons (Fsp3) is 0.300. The summed E-state index contributed by atoms with van der Waals surface area (Å²) in [6.45, 7) is 0.325. The number of nitrogens with two attached hydrogens (primary N) is 1. The van der Waals surface area contributed by atoms with Gasteiger partial charge in [0.1, 0.15) is 18.8 Å². The molecule has 0 aromatic carbocycles. The van der Waals surface area contributed by atoms with Crippen molar-refractivity contribution in [3.05, 3.63) is 36.5 Å². The Morgan fingerprint density at radius 1 is 1.44 bits per heavy atom. The highest BCUT2D eigenvalue weighted by atomic mass is 19.1. The van der Waals surface area contributed by atoms with E-state index in [0.717, 1.165) is 0 Å². The van der Waals surface area contributed by atoms with E-state index in [1.807, 2.05) is 0 Å². The third-order valence-electron chi connectivity index (χ3n) is 2.21. The molecular weight excluding hydrogens is 209 g/mol. The Balaban J connectivity index is 2.16. The van der Waals surface area contributed by atoms with Crippen LogP contribution in [0.25, 0.3) is 5.82 Å². The Labute approximate surface area is 92.1 Å². The van der Waals surface area contributed by atoms with Gasteiger partial charge >= 0.3 is 0 Å². The molecule has 2 rings (SSSR count). The van der Waals surface area contributed by atoms with Crippen LogP contribution in [0.3, 0.4) is 0 Å². The van der Waals surface area contributed by atoms with E-state index in [-0.39, 0.29) is 0 Å². The molecule has 0 bridgehead atoms. The molecule has 2 aromatic rings. The maximum absolute atomic E-state index is 13.5. The average molecular weight is 221 g/mol. The van der Waals surface area contributed by atoms with Gasteiger partial charge in [0.15, 0.2) is 5.82 Å². The van der Waals surface area contributed by atoms with Crippen molar-refractivity contribution >= 4 is 0 Å². The van der Waals surface area contributed by atoms with E-state index < -0.39 is 6.17 Å². The van der Waals surface area contributed by atoms with E-state index >= 15 is 0 Å². The van der Waals surface area contributed by atoms with Crippen molar-refractivity contribution in [3.8, 4) is 5.82 Å². The van der Waals surface area contributed by atoms with Gasteiger partial charge in [0.2, 0.25) is 0 Å². The number of pyridine rings is 1. The molecule has 16 heavy (non-hydrogen) atoms. The molecule has 2 heterocycles. The first-order valence-corrected chi connectivity index (χ1v) is 4.96. The molecule has 6 heteroatoms. The lowest BCUT2D eigenvalue weighted by Crippen LogP contribution is -2.05. The topological polar surface area (TPSA) is 69.6 Å². The normalized spacial score (nSPS) is 12.6. The number of halogens is 1. The summed E-state index contributed by atoms with van der Waals surface area (Å²) in [6, 6.07) is 3.39. The minimum absolute atomic E-state index is 0.310. The molecule has 1 atom stereocenters. The number of alkyl halides is 1. The second-order valence-corrected chi connectivity index (χ2v) is 3.33. The molecule has 0 aliphatic rings. The molecular formula is C10H12FN5. The molecule has 0 saturated carbocycles. The molecule has 2 aromatic heterocycles. The van der Waals surface area contributed by atoms with Crippen LogP contribution >= 0.6 is 0 Å². The van der Waals surface area contributed by atoms with Gasteiger partial charge in [0, 0.05) is 11.8 Å². The Bertz CT molecular complexity index is 425. The van der Waals surface area contributed by atoms with E-state index in [4.69, 9.17) is 5.73 Å². The third kappa shape index (κ3) is 2.22. The first-order chi connectivity index (χ1) is 7.81. The van der Waals surface area contributed by atoms with Crippen LogP contribution in [0, 0.1) is 0 Å². The van der Waals surface area contributed by atoms with Crippen LogP contribution in [0.2, 0.25) is 0 Å². The van der Waals surface area contributed by atoms with E-state index in [1.165, 1.54) is 23.5 Å². The van der Waals surface area contributed by atoms with Crippen molar-refractivity contribution in [2.45, 2.75) is 12.6 Å². The zero-order valence-electron chi connectivity index (χ0n) is 8.62. The first-order valence-electron chi connectivity index (χ1n) is 4.96. The van der Waals surface area contributed by atoms with Crippen LogP contribution < -0.4 is 5.73 Å². The highest BCUT2D eigenvalue weighted by Crippen LogP contribution is 2.19. The number of hydrogen-bond donors (Lipinski definition) is 1. The number of hydrogen-bond acceptors (Lipinski definition) is 4. The van der Waals surface area contributed by atoms with Crippen molar-refractivity contribution < 1.29 is 4.39 Å². The van der Waals surface area contributed by atoms with Crippen LogP contribution in [-0.2, 0) is 0 Å². The molecule has 0 radical (unpaired) electrons. The molecule has 0 amide bonds. The fourth-order valence-electron chi connectivity index (χ4n) is 1.36. The van der Waals surface area contributed by atoms with Crippen molar-refractivity contribution in [1.82, 2.24) is 19.7 Å². The Kier molecular flexibility index (Phi) is 3.21. The minimum atomic E-state index is -1.05. The lowest BCUT2D eigenvalue weighted by atomic mass is 10.1. The van der Waals surface area contributed by atoms with Gasteiger partial charge in [-0.2, -0.15) is 5.10 Å². The molecule has 0 spiro atoms. The summed E-state index contributed by atoms with van der Waals surface area (Å²) in [5, 5.41) is 3.93. The van der Waals surface area contributed by atoms with E-state index in [0.29, 0.717) is 24.3 Å². The van der Waals surface area contributed by atoms with Crippen molar-refractivity contribution in [2.24, 2.45) is 5.73 Å². The van der Waals surface area contributed by atoms with Gasteiger partial charge in [-0.15, -0.1) is 0 Å². The summed E-state index contributed by atoms with van der Waals surface area (Å²) in [7, 11) is 0. The SMILES string of the molecule is NCCC(F)c1ccc(-n2cncn2)nc1. The van der Waals surface area contributed by atoms with Gasteiger partial charge < -0.3 is 5.73 Å². The Hall–Kier alpha value is -1.82. The standard InChI is InChI=1S/C10H12FN5/c11-9(3-4-12)8-1-2-10(14-5-8)16-7-13-6-15-16/h1-2,5-7,9H,3-4,12H2. The van der Waals surface area contributed by atoms with E-state index in [2.05, 4.69) is 15.1 Å². The molecule has 84 valence electrons. The molecule has 5 nitrogen and oxygen atoms in total. The third-order valence-corrected chi connectivity index (χ3v) is 2.21. The summed E-state index contributed by atoms with van der Waals surface area (Å²) in [6.07, 6.45) is 3.71. The summed E-state index contributed by atoms with van der Waals surface area (Å²) in [5.41, 5.74) is 5.83. The molecule has 0 saturated heterocycles. The summed E-state index contributed by atoms with van der Waals surface area (Å²) in [5.74, 6) is 0.612. The van der Waals surface area contributed by atoms with Crippen LogP contribution in [0.5, 0.6) is 0 Å². The summed E-state index contributed by atoms with van der Waals surface area (Å²) >= 11 is 0. The van der Waals surface area contributed by atoms with Crippen molar-refractivity contribution in [1.29, 1.82) is 0 Å². The quantitative estimate of drug-likeness (QED) is 0.836. The van der Waals surface area contributed by atoms with Crippen molar-refractivity contribution in [2.75, 3.05) is 6.54 Å². The predicted octanol–water partition coefficient (Wildman–Crippen LogP) is 1.02. The lowest BCUT2D eigenvalue weighted by molar-refractivity contribution is 0.327. The predicted molar refractivity (Wildman–Crippen MR) is 56.7 cm³/mol. The van der Waals surface area contributed by atoms with Gasteiger partial charge in [-0.1, -0.05) is 6.07 Å². The van der Waals surface area contributed by atoms with Gasteiger partial charge in [0.25, 0.3) is 0 Å².